The molecule has 1 N–H and O–H groups in total. The van der Waals surface area contributed by atoms with E-state index in [2.05, 4.69) is 16.6 Å². The Hall–Kier alpha value is -1.32. The number of carbonyl (C=O) groups excluding carboxylic acids is 2. The summed E-state index contributed by atoms with van der Waals surface area (Å²) in [6.07, 6.45) is 5.35. The van der Waals surface area contributed by atoms with Crippen LogP contribution in [0.3, 0.4) is 0 Å². The maximum absolute atomic E-state index is 11.1. The van der Waals surface area contributed by atoms with Gasteiger partial charge in [0.05, 0.1) is 6.61 Å². The van der Waals surface area contributed by atoms with E-state index in [1.165, 1.54) is 0 Å². The van der Waals surface area contributed by atoms with Gasteiger partial charge in [0.25, 0.3) is 0 Å². The molecule has 0 rings (SSSR count). The Morgan fingerprint density at radius 2 is 2.07 bits per heavy atom. The molecular formula is C11H19NO3. The molecule has 0 aliphatic rings. The topological polar surface area (TPSA) is 55.4 Å². The number of hydrogen-bond acceptors (Lipinski definition) is 3. The largest absolute Gasteiger partial charge is 0.450 e. The lowest BCUT2D eigenvalue weighted by Crippen LogP contribution is -2.30. The minimum absolute atomic E-state index is 0.271. The van der Waals surface area contributed by atoms with E-state index in [4.69, 9.17) is 0 Å². The third-order valence-corrected chi connectivity index (χ3v) is 1.83. The number of amides is 2. The van der Waals surface area contributed by atoms with Gasteiger partial charge in [0.1, 0.15) is 0 Å². The van der Waals surface area contributed by atoms with Crippen LogP contribution in [-0.4, -0.2) is 18.6 Å². The number of imide groups is 1. The lowest BCUT2D eigenvalue weighted by molar-refractivity contribution is -0.120. The first-order chi connectivity index (χ1) is 7.20. The predicted octanol–water partition coefficient (Wildman–Crippen LogP) is 2.40. The number of hydrogen-bond donors (Lipinski definition) is 1. The molecule has 0 aromatic rings. The van der Waals surface area contributed by atoms with Gasteiger partial charge in [0.15, 0.2) is 0 Å². The lowest BCUT2D eigenvalue weighted by atomic mass is 10.1. The minimum Gasteiger partial charge on any atom is -0.450 e. The zero-order valence-corrected chi connectivity index (χ0v) is 9.25. The lowest BCUT2D eigenvalue weighted by Gasteiger charge is -2.03. The molecule has 0 heterocycles. The highest BCUT2D eigenvalue weighted by Crippen LogP contribution is 2.02. The zero-order chi connectivity index (χ0) is 11.5. The third-order valence-electron chi connectivity index (χ3n) is 1.83. The Labute approximate surface area is 90.7 Å². The molecule has 4 heteroatoms. The molecule has 15 heavy (non-hydrogen) atoms. The third kappa shape index (κ3) is 9.00. The van der Waals surface area contributed by atoms with E-state index >= 15 is 0 Å². The second-order valence-electron chi connectivity index (χ2n) is 3.16. The fourth-order valence-corrected chi connectivity index (χ4v) is 1.09. The summed E-state index contributed by atoms with van der Waals surface area (Å²) < 4.78 is 4.57. The molecule has 0 radical (unpaired) electrons. The molecule has 4 nitrogen and oxygen atoms in total. The van der Waals surface area contributed by atoms with Crippen molar-refractivity contribution in [1.29, 1.82) is 0 Å². The van der Waals surface area contributed by atoms with Crippen molar-refractivity contribution in [2.45, 2.75) is 39.0 Å². The smallest absolute Gasteiger partial charge is 0.413 e. The maximum atomic E-state index is 11.1. The first-order valence-corrected chi connectivity index (χ1v) is 5.28. The van der Waals surface area contributed by atoms with Crippen molar-refractivity contribution in [3.63, 3.8) is 0 Å². The number of allylic oxidation sites excluding steroid dienone is 1. The molecule has 0 spiro atoms. The van der Waals surface area contributed by atoms with Gasteiger partial charge in [-0.1, -0.05) is 12.5 Å². The maximum Gasteiger partial charge on any atom is 0.413 e. The standard InChI is InChI=1S/C11H19NO3/c1-3-5-6-7-8-9-10(13)12-11(14)15-4-2/h3H,1,4-9H2,2H3,(H,12,13,14). The van der Waals surface area contributed by atoms with Crippen LogP contribution in [0.25, 0.3) is 0 Å². The van der Waals surface area contributed by atoms with Gasteiger partial charge < -0.3 is 4.74 Å². The van der Waals surface area contributed by atoms with E-state index in [1.807, 2.05) is 6.08 Å². The van der Waals surface area contributed by atoms with Crippen molar-refractivity contribution in [3.8, 4) is 0 Å². The number of alkyl carbamates (subject to hydrolysis) is 1. The molecule has 0 bridgehead atoms. The summed E-state index contributed by atoms with van der Waals surface area (Å²) in [5, 5.41) is 2.15. The molecule has 0 aromatic carbocycles. The fourth-order valence-electron chi connectivity index (χ4n) is 1.09. The van der Waals surface area contributed by atoms with Gasteiger partial charge in [-0.3, -0.25) is 10.1 Å². The monoisotopic (exact) mass is 213 g/mol. The molecule has 0 aliphatic heterocycles. The highest BCUT2D eigenvalue weighted by molar-refractivity contribution is 5.91. The Bertz CT molecular complexity index is 214. The zero-order valence-electron chi connectivity index (χ0n) is 9.25. The molecule has 2 amide bonds. The van der Waals surface area contributed by atoms with Crippen LogP contribution in [0.4, 0.5) is 4.79 Å². The Morgan fingerprint density at radius 3 is 2.67 bits per heavy atom. The molecule has 0 saturated heterocycles. The van der Waals surface area contributed by atoms with Gasteiger partial charge in [-0.25, -0.2) is 4.79 Å². The van der Waals surface area contributed by atoms with Gasteiger partial charge in [0.2, 0.25) is 5.91 Å². The average molecular weight is 213 g/mol. The summed E-state index contributed by atoms with van der Waals surface area (Å²) in [5.41, 5.74) is 0. The van der Waals surface area contributed by atoms with Crippen molar-refractivity contribution >= 4 is 12.0 Å². The summed E-state index contributed by atoms with van der Waals surface area (Å²) >= 11 is 0. The van der Waals surface area contributed by atoms with Crippen molar-refractivity contribution in [2.24, 2.45) is 0 Å². The fraction of sp³-hybridized carbons (Fsp3) is 0.636. The SMILES string of the molecule is C=CCCCCCC(=O)NC(=O)OCC. The number of rotatable bonds is 7. The average Bonchev–Trinajstić information content (AvgIpc) is 2.17. The summed E-state index contributed by atoms with van der Waals surface area (Å²) in [6, 6.07) is 0. The molecule has 86 valence electrons. The van der Waals surface area contributed by atoms with Crippen LogP contribution in [0.1, 0.15) is 39.0 Å². The number of nitrogens with one attached hydrogen (secondary N) is 1. The Morgan fingerprint density at radius 1 is 1.33 bits per heavy atom. The summed E-state index contributed by atoms with van der Waals surface area (Å²) in [6.45, 7) is 5.58. The van der Waals surface area contributed by atoms with Crippen molar-refractivity contribution < 1.29 is 14.3 Å². The minimum atomic E-state index is -0.659. The molecule has 0 fully saturated rings. The molecule has 0 unspecified atom stereocenters. The number of unbranched alkanes of at least 4 members (excludes halogenated alkanes) is 3. The Balaban J connectivity index is 3.40. The van der Waals surface area contributed by atoms with E-state index in [1.54, 1.807) is 6.92 Å². The first-order valence-electron chi connectivity index (χ1n) is 5.28. The van der Waals surface area contributed by atoms with E-state index in [0.717, 1.165) is 25.7 Å². The predicted molar refractivity (Wildman–Crippen MR) is 58.4 cm³/mol. The summed E-state index contributed by atoms with van der Waals surface area (Å²) in [7, 11) is 0. The number of ether oxygens (including phenoxy) is 1. The molecule has 0 atom stereocenters. The second kappa shape index (κ2) is 9.24. The van der Waals surface area contributed by atoms with E-state index in [0.29, 0.717) is 6.42 Å². The molecular weight excluding hydrogens is 194 g/mol. The van der Waals surface area contributed by atoms with Crippen molar-refractivity contribution in [2.75, 3.05) is 6.61 Å². The quantitative estimate of drug-likeness (QED) is 0.522. The summed E-state index contributed by atoms with van der Waals surface area (Å²) in [4.78, 5) is 22.0. The van der Waals surface area contributed by atoms with Crippen LogP contribution < -0.4 is 5.32 Å². The molecule has 0 saturated carbocycles. The van der Waals surface area contributed by atoms with Gasteiger partial charge in [-0.15, -0.1) is 6.58 Å². The van der Waals surface area contributed by atoms with Crippen LogP contribution in [0.5, 0.6) is 0 Å². The van der Waals surface area contributed by atoms with Crippen molar-refractivity contribution in [3.05, 3.63) is 12.7 Å². The van der Waals surface area contributed by atoms with Crippen LogP contribution >= 0.6 is 0 Å². The summed E-state index contributed by atoms with van der Waals surface area (Å²) in [5.74, 6) is -0.271. The van der Waals surface area contributed by atoms with Crippen molar-refractivity contribution in [1.82, 2.24) is 5.32 Å². The van der Waals surface area contributed by atoms with Crippen LogP contribution in [0, 0.1) is 0 Å². The van der Waals surface area contributed by atoms with Crippen LogP contribution in [0.15, 0.2) is 12.7 Å². The van der Waals surface area contributed by atoms with Crippen LogP contribution in [-0.2, 0) is 9.53 Å². The van der Waals surface area contributed by atoms with Gasteiger partial charge >= 0.3 is 6.09 Å². The van der Waals surface area contributed by atoms with Gasteiger partial charge in [0, 0.05) is 6.42 Å². The highest BCUT2D eigenvalue weighted by Gasteiger charge is 2.06. The highest BCUT2D eigenvalue weighted by atomic mass is 16.5. The van der Waals surface area contributed by atoms with Gasteiger partial charge in [-0.2, -0.15) is 0 Å². The van der Waals surface area contributed by atoms with Crippen LogP contribution in [0.2, 0.25) is 0 Å². The van der Waals surface area contributed by atoms with E-state index in [9.17, 15) is 9.59 Å². The second-order valence-corrected chi connectivity index (χ2v) is 3.16. The first kappa shape index (κ1) is 13.7. The Kier molecular flexibility index (Phi) is 8.43. The van der Waals surface area contributed by atoms with E-state index in [-0.39, 0.29) is 12.5 Å². The van der Waals surface area contributed by atoms with E-state index < -0.39 is 6.09 Å². The normalized spacial score (nSPS) is 9.40. The van der Waals surface area contributed by atoms with Gasteiger partial charge in [-0.05, 0) is 26.2 Å². The number of carbonyl (C=O) groups is 2. The molecule has 0 aliphatic carbocycles. The molecule has 0 aromatic heterocycles.